The van der Waals surface area contributed by atoms with E-state index >= 15 is 0 Å². The number of fused-ring (bicyclic) bond motifs is 1. The molecule has 22 heavy (non-hydrogen) atoms. The third-order valence-corrected chi connectivity index (χ3v) is 5.10. The molecule has 2 heterocycles. The molecule has 0 amide bonds. The number of hydrogen-bond donors (Lipinski definition) is 2. The molecule has 1 spiro atoms. The van der Waals surface area contributed by atoms with Crippen molar-refractivity contribution in [2.75, 3.05) is 24.1 Å². The van der Waals surface area contributed by atoms with Gasteiger partial charge in [0.1, 0.15) is 11.4 Å². The summed E-state index contributed by atoms with van der Waals surface area (Å²) in [4.78, 5) is 12.7. The molecule has 0 radical (unpaired) electrons. The van der Waals surface area contributed by atoms with Crippen LogP contribution in [0.4, 0.5) is 5.69 Å². The second-order valence-electron chi connectivity index (χ2n) is 6.09. The highest BCUT2D eigenvalue weighted by Gasteiger charge is 2.47. The Balaban J connectivity index is 1.97. The van der Waals surface area contributed by atoms with Crippen LogP contribution >= 0.6 is 0 Å². The molecule has 7 heteroatoms. The minimum absolute atomic E-state index is 0.0142. The van der Waals surface area contributed by atoms with Crippen molar-refractivity contribution in [2.24, 2.45) is 5.92 Å². The first-order valence-electron chi connectivity index (χ1n) is 7.37. The van der Waals surface area contributed by atoms with Crippen LogP contribution in [0.2, 0.25) is 0 Å². The molecule has 1 unspecified atom stereocenters. The summed E-state index contributed by atoms with van der Waals surface area (Å²) in [6.45, 7) is 3.56. The van der Waals surface area contributed by atoms with Crippen molar-refractivity contribution in [1.29, 1.82) is 0 Å². The molecule has 2 aliphatic rings. The Morgan fingerprint density at radius 3 is 2.64 bits per heavy atom. The molecule has 120 valence electrons. The van der Waals surface area contributed by atoms with E-state index in [4.69, 9.17) is 4.74 Å². The average molecular weight is 324 g/mol. The lowest BCUT2D eigenvalue weighted by molar-refractivity contribution is -0.0152. The first-order valence-corrected chi connectivity index (χ1v) is 9.26. The van der Waals surface area contributed by atoms with E-state index in [9.17, 15) is 13.2 Å². The zero-order chi connectivity index (χ0) is 16.0. The molecule has 1 atom stereocenters. The van der Waals surface area contributed by atoms with E-state index in [0.29, 0.717) is 17.0 Å². The summed E-state index contributed by atoms with van der Waals surface area (Å²) >= 11 is 0. The van der Waals surface area contributed by atoms with E-state index in [1.54, 1.807) is 18.2 Å². The number of benzene rings is 1. The van der Waals surface area contributed by atoms with Crippen LogP contribution in [0.5, 0.6) is 5.75 Å². The van der Waals surface area contributed by atoms with Gasteiger partial charge in [-0.05, 0) is 31.3 Å². The zero-order valence-corrected chi connectivity index (χ0v) is 13.5. The maximum absolute atomic E-state index is 12.7. The highest BCUT2D eigenvalue weighted by molar-refractivity contribution is 7.92. The lowest BCUT2D eigenvalue weighted by Crippen LogP contribution is -2.55. The number of hydrogen-bond acceptors (Lipinski definition) is 5. The zero-order valence-electron chi connectivity index (χ0n) is 12.7. The molecule has 3 rings (SSSR count). The third kappa shape index (κ3) is 2.70. The number of carbonyl (C=O) groups excluding carboxylic acids is 1. The number of rotatable bonds is 2. The van der Waals surface area contributed by atoms with E-state index in [1.165, 1.54) is 0 Å². The molecule has 0 saturated carbocycles. The van der Waals surface area contributed by atoms with Crippen molar-refractivity contribution < 1.29 is 17.9 Å². The monoisotopic (exact) mass is 324 g/mol. The van der Waals surface area contributed by atoms with Gasteiger partial charge in [0.15, 0.2) is 5.78 Å². The van der Waals surface area contributed by atoms with Crippen molar-refractivity contribution >= 4 is 21.5 Å². The number of ketones is 1. The third-order valence-electron chi connectivity index (χ3n) is 4.49. The fraction of sp³-hybridized carbons (Fsp3) is 0.533. The normalized spacial score (nSPS) is 23.7. The fourth-order valence-corrected chi connectivity index (χ4v) is 3.81. The Morgan fingerprint density at radius 1 is 1.32 bits per heavy atom. The fourth-order valence-electron chi connectivity index (χ4n) is 3.25. The second-order valence-corrected chi connectivity index (χ2v) is 7.84. The van der Waals surface area contributed by atoms with Crippen LogP contribution in [0.3, 0.4) is 0 Å². The number of ether oxygens (including phenoxy) is 1. The lowest BCUT2D eigenvalue weighted by atomic mass is 9.75. The van der Waals surface area contributed by atoms with Crippen LogP contribution in [-0.2, 0) is 10.0 Å². The van der Waals surface area contributed by atoms with Gasteiger partial charge in [-0.3, -0.25) is 9.52 Å². The predicted molar refractivity (Wildman–Crippen MR) is 83.9 cm³/mol. The summed E-state index contributed by atoms with van der Waals surface area (Å²) < 4.78 is 31.2. The van der Waals surface area contributed by atoms with Crippen LogP contribution in [0.25, 0.3) is 0 Å². The quantitative estimate of drug-likeness (QED) is 0.859. The largest absolute Gasteiger partial charge is 0.486 e. The molecule has 2 aliphatic heterocycles. The van der Waals surface area contributed by atoms with E-state index < -0.39 is 15.6 Å². The molecule has 1 aromatic carbocycles. The Labute approximate surface area is 130 Å². The lowest BCUT2D eigenvalue weighted by Gasteiger charge is -2.45. The molecule has 2 N–H and O–H groups in total. The first kappa shape index (κ1) is 15.3. The molecule has 0 bridgehead atoms. The van der Waals surface area contributed by atoms with Gasteiger partial charge in [-0.1, -0.05) is 6.92 Å². The van der Waals surface area contributed by atoms with Crippen LogP contribution in [0.15, 0.2) is 18.2 Å². The van der Waals surface area contributed by atoms with Gasteiger partial charge in [-0.15, -0.1) is 0 Å². The Morgan fingerprint density at radius 2 is 2.00 bits per heavy atom. The predicted octanol–water partition coefficient (Wildman–Crippen LogP) is 1.39. The average Bonchev–Trinajstić information content (AvgIpc) is 2.45. The van der Waals surface area contributed by atoms with E-state index in [1.807, 2.05) is 6.92 Å². The van der Waals surface area contributed by atoms with Gasteiger partial charge in [0, 0.05) is 18.5 Å². The molecule has 6 nitrogen and oxygen atoms in total. The van der Waals surface area contributed by atoms with Gasteiger partial charge in [0.2, 0.25) is 10.0 Å². The summed E-state index contributed by atoms with van der Waals surface area (Å²) in [5.74, 6) is 0.319. The van der Waals surface area contributed by atoms with Gasteiger partial charge in [-0.25, -0.2) is 8.42 Å². The van der Waals surface area contributed by atoms with Gasteiger partial charge in [0.05, 0.1) is 17.7 Å². The van der Waals surface area contributed by atoms with Gasteiger partial charge >= 0.3 is 0 Å². The summed E-state index contributed by atoms with van der Waals surface area (Å²) in [5.41, 5.74) is 0.387. The van der Waals surface area contributed by atoms with E-state index in [-0.39, 0.29) is 11.7 Å². The minimum Gasteiger partial charge on any atom is -0.486 e. The Kier molecular flexibility index (Phi) is 3.65. The van der Waals surface area contributed by atoms with Crippen LogP contribution in [-0.4, -0.2) is 39.1 Å². The molecule has 1 fully saturated rings. The standard InChI is InChI=1S/C15H20N2O4S/c1-10-14(18)12-9-11(17-22(2,19)20)3-4-13(12)21-15(10)5-7-16-8-6-15/h3-4,9-10,16-17H,5-8H2,1-2H3. The first-order chi connectivity index (χ1) is 10.3. The summed E-state index contributed by atoms with van der Waals surface area (Å²) in [6, 6.07) is 4.86. The minimum atomic E-state index is -3.37. The number of Topliss-reactive ketones (excluding diaryl/α,β-unsaturated/α-hetero) is 1. The maximum Gasteiger partial charge on any atom is 0.229 e. The topological polar surface area (TPSA) is 84.5 Å². The second kappa shape index (κ2) is 5.24. The number of anilines is 1. The number of piperidine rings is 1. The van der Waals surface area contributed by atoms with Crippen LogP contribution in [0.1, 0.15) is 30.1 Å². The van der Waals surface area contributed by atoms with Gasteiger partial charge < -0.3 is 10.1 Å². The van der Waals surface area contributed by atoms with Crippen molar-refractivity contribution in [3.05, 3.63) is 23.8 Å². The molecule has 1 saturated heterocycles. The van der Waals surface area contributed by atoms with Gasteiger partial charge in [0.25, 0.3) is 0 Å². The van der Waals surface area contributed by atoms with Crippen molar-refractivity contribution in [1.82, 2.24) is 5.32 Å². The smallest absolute Gasteiger partial charge is 0.229 e. The molecule has 0 aliphatic carbocycles. The number of carbonyl (C=O) groups is 1. The SMILES string of the molecule is CC1C(=O)c2cc(NS(C)(=O)=O)ccc2OC12CCNCC2. The van der Waals surface area contributed by atoms with E-state index in [2.05, 4.69) is 10.0 Å². The molecular weight excluding hydrogens is 304 g/mol. The highest BCUT2D eigenvalue weighted by atomic mass is 32.2. The molecular formula is C15H20N2O4S. The van der Waals surface area contributed by atoms with Crippen LogP contribution < -0.4 is 14.8 Å². The summed E-state index contributed by atoms with van der Waals surface area (Å²) in [7, 11) is -3.37. The van der Waals surface area contributed by atoms with Crippen LogP contribution in [0, 0.1) is 5.92 Å². The number of nitrogens with one attached hydrogen (secondary N) is 2. The van der Waals surface area contributed by atoms with Crippen molar-refractivity contribution in [2.45, 2.75) is 25.4 Å². The van der Waals surface area contributed by atoms with Crippen molar-refractivity contribution in [3.63, 3.8) is 0 Å². The summed E-state index contributed by atoms with van der Waals surface area (Å²) in [6.07, 6.45) is 2.67. The Hall–Kier alpha value is -1.60. The molecule has 0 aromatic heterocycles. The Bertz CT molecular complexity index is 708. The number of sulfonamides is 1. The van der Waals surface area contributed by atoms with Gasteiger partial charge in [-0.2, -0.15) is 0 Å². The maximum atomic E-state index is 12.7. The van der Waals surface area contributed by atoms with E-state index in [0.717, 1.165) is 32.2 Å². The molecule has 1 aromatic rings. The van der Waals surface area contributed by atoms with Crippen molar-refractivity contribution in [3.8, 4) is 5.75 Å². The highest BCUT2D eigenvalue weighted by Crippen LogP contribution is 2.42. The summed E-state index contributed by atoms with van der Waals surface area (Å²) in [5, 5.41) is 3.28.